The predicted octanol–water partition coefficient (Wildman–Crippen LogP) is 4.38. The summed E-state index contributed by atoms with van der Waals surface area (Å²) in [4.78, 5) is 44.0. The van der Waals surface area contributed by atoms with Crippen molar-refractivity contribution in [2.45, 2.75) is 52.4 Å². The largest absolute Gasteiger partial charge is 0.444 e. The molecule has 1 saturated heterocycles. The van der Waals surface area contributed by atoms with Gasteiger partial charge in [-0.1, -0.05) is 12.1 Å². The van der Waals surface area contributed by atoms with Gasteiger partial charge in [0.2, 0.25) is 0 Å². The Kier molecular flexibility index (Phi) is 7.70. The molecular formula is C21H26ClF3N2O5. The molecule has 0 spiro atoms. The Hall–Kier alpha value is -2.49. The lowest BCUT2D eigenvalue weighted by Gasteiger charge is -2.28. The Bertz CT molecular complexity index is 854. The molecule has 1 aromatic carbocycles. The minimum absolute atomic E-state index is 0.0317. The first-order valence-electron chi connectivity index (χ1n) is 9.87. The van der Waals surface area contributed by atoms with Crippen molar-refractivity contribution < 1.29 is 37.1 Å². The molecule has 0 radical (unpaired) electrons. The number of alkyl halides is 4. The number of ether oxygens (including phenoxy) is 1. The summed E-state index contributed by atoms with van der Waals surface area (Å²) in [6.45, 7) is 6.80. The van der Waals surface area contributed by atoms with Crippen LogP contribution < -0.4 is 0 Å². The van der Waals surface area contributed by atoms with E-state index >= 15 is 0 Å². The Balaban J connectivity index is 2.08. The van der Waals surface area contributed by atoms with Crippen LogP contribution in [0.15, 0.2) is 24.3 Å². The molecule has 0 aliphatic carbocycles. The first-order chi connectivity index (χ1) is 14.6. The van der Waals surface area contributed by atoms with E-state index in [0.717, 1.165) is 17.2 Å². The lowest BCUT2D eigenvalue weighted by Crippen LogP contribution is -2.42. The standard InChI is InChI=1S/C21H26ClF3N2O5/c1-19(2,3)31-18(30)26-10-9-20(4,13-26)17(29)32-27(16(28)11-22)12-14-5-7-15(8-6-14)21(23,24)25/h5-8H,9-13H2,1-4H3. The maximum absolute atomic E-state index is 12.8. The molecule has 2 rings (SSSR count). The maximum atomic E-state index is 12.8. The number of hydroxylamine groups is 2. The topological polar surface area (TPSA) is 76.2 Å². The molecule has 32 heavy (non-hydrogen) atoms. The third-order valence-corrected chi connectivity index (χ3v) is 5.04. The summed E-state index contributed by atoms with van der Waals surface area (Å²) in [5, 5.41) is 0.722. The van der Waals surface area contributed by atoms with Crippen LogP contribution in [0.3, 0.4) is 0 Å². The van der Waals surface area contributed by atoms with Crippen molar-refractivity contribution >= 4 is 29.6 Å². The summed E-state index contributed by atoms with van der Waals surface area (Å²) >= 11 is 5.60. The zero-order valence-corrected chi connectivity index (χ0v) is 19.0. The van der Waals surface area contributed by atoms with Gasteiger partial charge in [0.05, 0.1) is 17.5 Å². The molecule has 1 aliphatic rings. The zero-order valence-electron chi connectivity index (χ0n) is 18.3. The molecule has 2 amide bonds. The van der Waals surface area contributed by atoms with E-state index in [0.29, 0.717) is 5.56 Å². The van der Waals surface area contributed by atoms with Gasteiger partial charge in [-0.2, -0.15) is 18.2 Å². The number of amides is 2. The van der Waals surface area contributed by atoms with E-state index < -0.39 is 46.6 Å². The Morgan fingerprint density at radius 3 is 2.25 bits per heavy atom. The van der Waals surface area contributed by atoms with Crippen molar-refractivity contribution in [3.8, 4) is 0 Å². The monoisotopic (exact) mass is 478 g/mol. The lowest BCUT2D eigenvalue weighted by atomic mass is 9.90. The van der Waals surface area contributed by atoms with Crippen molar-refractivity contribution in [1.29, 1.82) is 0 Å². The summed E-state index contributed by atoms with van der Waals surface area (Å²) < 4.78 is 43.5. The van der Waals surface area contributed by atoms with Gasteiger partial charge in [0.25, 0.3) is 5.91 Å². The molecule has 1 heterocycles. The third kappa shape index (κ3) is 6.75. The highest BCUT2D eigenvalue weighted by molar-refractivity contribution is 6.27. The van der Waals surface area contributed by atoms with E-state index in [2.05, 4.69) is 0 Å². The molecule has 1 fully saturated rings. The highest BCUT2D eigenvalue weighted by Gasteiger charge is 2.45. The summed E-state index contributed by atoms with van der Waals surface area (Å²) in [5.74, 6) is -1.98. The normalized spacial score (nSPS) is 18.9. The maximum Gasteiger partial charge on any atom is 0.416 e. The Morgan fingerprint density at radius 2 is 1.75 bits per heavy atom. The number of hydrogen-bond acceptors (Lipinski definition) is 5. The molecule has 178 valence electrons. The number of hydrogen-bond donors (Lipinski definition) is 0. The van der Waals surface area contributed by atoms with E-state index in [-0.39, 0.29) is 26.1 Å². The van der Waals surface area contributed by atoms with Crippen molar-refractivity contribution in [2.24, 2.45) is 5.41 Å². The lowest BCUT2D eigenvalue weighted by molar-refractivity contribution is -0.207. The molecule has 0 N–H and O–H groups in total. The molecule has 11 heteroatoms. The van der Waals surface area contributed by atoms with Crippen LogP contribution in [0.1, 0.15) is 45.2 Å². The second-order valence-corrected chi connectivity index (χ2v) is 9.12. The highest BCUT2D eigenvalue weighted by atomic mass is 35.5. The fraction of sp³-hybridized carbons (Fsp3) is 0.571. The van der Waals surface area contributed by atoms with Gasteiger partial charge in [-0.05, 0) is 51.8 Å². The van der Waals surface area contributed by atoms with Gasteiger partial charge in [0.1, 0.15) is 11.5 Å². The third-order valence-electron chi connectivity index (χ3n) is 4.81. The Labute approximate surface area is 189 Å². The molecule has 7 nitrogen and oxygen atoms in total. The highest BCUT2D eigenvalue weighted by Crippen LogP contribution is 2.33. The van der Waals surface area contributed by atoms with Crippen LogP contribution in [0.25, 0.3) is 0 Å². The van der Waals surface area contributed by atoms with Gasteiger partial charge in [-0.15, -0.1) is 11.6 Å². The fourth-order valence-corrected chi connectivity index (χ4v) is 3.16. The number of halogens is 4. The van der Waals surface area contributed by atoms with Crippen LogP contribution in [-0.2, 0) is 31.9 Å². The second-order valence-electron chi connectivity index (χ2n) is 8.85. The van der Waals surface area contributed by atoms with Crippen molar-refractivity contribution in [3.05, 3.63) is 35.4 Å². The predicted molar refractivity (Wildman–Crippen MR) is 109 cm³/mol. The first-order valence-corrected chi connectivity index (χ1v) is 10.4. The molecule has 1 aromatic rings. The van der Waals surface area contributed by atoms with Crippen LogP contribution in [0.4, 0.5) is 18.0 Å². The summed E-state index contributed by atoms with van der Waals surface area (Å²) in [6, 6.07) is 4.12. The van der Waals surface area contributed by atoms with Gasteiger partial charge in [-0.3, -0.25) is 4.79 Å². The average molecular weight is 479 g/mol. The summed E-state index contributed by atoms with van der Waals surface area (Å²) in [6.07, 6.45) is -4.77. The SMILES string of the molecule is CC(C)(C)OC(=O)N1CCC(C)(C(=O)ON(Cc2ccc(C(F)(F)F)cc2)C(=O)CCl)C1. The van der Waals surface area contributed by atoms with Crippen molar-refractivity contribution in [3.63, 3.8) is 0 Å². The van der Waals surface area contributed by atoms with Crippen LogP contribution in [-0.4, -0.2) is 52.5 Å². The number of nitrogens with zero attached hydrogens (tertiary/aromatic N) is 2. The van der Waals surface area contributed by atoms with Crippen LogP contribution in [0, 0.1) is 5.41 Å². The van der Waals surface area contributed by atoms with E-state index in [1.165, 1.54) is 17.0 Å². The smallest absolute Gasteiger partial charge is 0.416 e. The van der Waals surface area contributed by atoms with Gasteiger partial charge in [-0.25, -0.2) is 9.59 Å². The van der Waals surface area contributed by atoms with Crippen molar-refractivity contribution in [2.75, 3.05) is 19.0 Å². The fourth-order valence-electron chi connectivity index (χ4n) is 3.02. The van der Waals surface area contributed by atoms with Gasteiger partial charge in [0, 0.05) is 13.1 Å². The zero-order chi connectivity index (χ0) is 24.3. The number of likely N-dealkylation sites (tertiary alicyclic amines) is 1. The molecule has 1 atom stereocenters. The molecular weight excluding hydrogens is 453 g/mol. The molecule has 0 bridgehead atoms. The Morgan fingerprint density at radius 1 is 1.16 bits per heavy atom. The molecule has 0 saturated carbocycles. The minimum atomic E-state index is -4.49. The van der Waals surface area contributed by atoms with E-state index in [9.17, 15) is 27.6 Å². The van der Waals surface area contributed by atoms with Gasteiger partial charge >= 0.3 is 18.2 Å². The molecule has 0 aromatic heterocycles. The van der Waals surface area contributed by atoms with Crippen molar-refractivity contribution in [1.82, 2.24) is 9.96 Å². The molecule has 1 unspecified atom stereocenters. The average Bonchev–Trinajstić information content (AvgIpc) is 3.09. The van der Waals surface area contributed by atoms with Gasteiger partial charge in [0.15, 0.2) is 0 Å². The number of rotatable bonds is 4. The number of benzene rings is 1. The van der Waals surface area contributed by atoms with Gasteiger partial charge < -0.3 is 14.5 Å². The molecule has 1 aliphatic heterocycles. The van der Waals surface area contributed by atoms with E-state index in [1.54, 1.807) is 27.7 Å². The van der Waals surface area contributed by atoms with Crippen LogP contribution in [0.5, 0.6) is 0 Å². The van der Waals surface area contributed by atoms with E-state index in [4.69, 9.17) is 21.2 Å². The van der Waals surface area contributed by atoms with Crippen LogP contribution >= 0.6 is 11.6 Å². The summed E-state index contributed by atoms with van der Waals surface area (Å²) in [7, 11) is 0. The minimum Gasteiger partial charge on any atom is -0.444 e. The summed E-state index contributed by atoms with van der Waals surface area (Å²) in [5.41, 5.74) is -2.31. The second kappa shape index (κ2) is 9.56. The number of carbonyl (C=O) groups excluding carboxylic acids is 3. The number of carbonyl (C=O) groups is 3. The first kappa shape index (κ1) is 25.8. The van der Waals surface area contributed by atoms with Crippen LogP contribution in [0.2, 0.25) is 0 Å². The quantitative estimate of drug-likeness (QED) is 0.474. The van der Waals surface area contributed by atoms with E-state index in [1.807, 2.05) is 0 Å².